The van der Waals surface area contributed by atoms with Crippen LogP contribution in [0, 0.1) is 5.82 Å². The molecule has 2 amide bonds. The molecule has 0 bridgehead atoms. The third-order valence-electron chi connectivity index (χ3n) is 5.11. The van der Waals surface area contributed by atoms with Crippen LogP contribution in [0.3, 0.4) is 0 Å². The number of likely N-dealkylation sites (N-methyl/N-ethyl adjacent to an activating group) is 1. The van der Waals surface area contributed by atoms with Gasteiger partial charge in [-0.1, -0.05) is 18.6 Å². The summed E-state index contributed by atoms with van der Waals surface area (Å²) in [5, 5.41) is 2.40. The SMILES string of the molecule is CCN(CC(=O)NCc1ccc(F)cc1)C(=O)c1ccc(S(=O)(=O)N2CCCCC2)o1. The van der Waals surface area contributed by atoms with Gasteiger partial charge in [0.25, 0.3) is 15.9 Å². The van der Waals surface area contributed by atoms with E-state index >= 15 is 0 Å². The summed E-state index contributed by atoms with van der Waals surface area (Å²) in [6.07, 6.45) is 2.58. The van der Waals surface area contributed by atoms with E-state index in [4.69, 9.17) is 4.42 Å². The average molecular weight is 452 g/mol. The molecule has 10 heteroatoms. The lowest BCUT2D eigenvalue weighted by molar-refractivity contribution is -0.121. The Balaban J connectivity index is 1.61. The Labute approximate surface area is 181 Å². The molecule has 0 radical (unpaired) electrons. The maximum Gasteiger partial charge on any atom is 0.290 e. The molecule has 1 fully saturated rings. The van der Waals surface area contributed by atoms with Gasteiger partial charge in [-0.3, -0.25) is 9.59 Å². The Morgan fingerprint density at radius 2 is 1.77 bits per heavy atom. The van der Waals surface area contributed by atoms with E-state index in [0.29, 0.717) is 13.1 Å². The van der Waals surface area contributed by atoms with Crippen molar-refractivity contribution in [1.82, 2.24) is 14.5 Å². The smallest absolute Gasteiger partial charge is 0.290 e. The molecule has 0 saturated carbocycles. The van der Waals surface area contributed by atoms with Crippen LogP contribution in [0.25, 0.3) is 0 Å². The van der Waals surface area contributed by atoms with Crippen LogP contribution in [0.15, 0.2) is 45.9 Å². The van der Waals surface area contributed by atoms with Crippen molar-refractivity contribution in [3.05, 3.63) is 53.5 Å². The summed E-state index contributed by atoms with van der Waals surface area (Å²) in [7, 11) is -3.78. The number of amides is 2. The molecule has 8 nitrogen and oxygen atoms in total. The number of nitrogens with one attached hydrogen (secondary N) is 1. The van der Waals surface area contributed by atoms with Gasteiger partial charge in [-0.05, 0) is 49.6 Å². The van der Waals surface area contributed by atoms with E-state index in [1.54, 1.807) is 19.1 Å². The lowest BCUT2D eigenvalue weighted by Crippen LogP contribution is -2.40. The molecule has 0 atom stereocenters. The normalized spacial score (nSPS) is 14.9. The highest BCUT2D eigenvalue weighted by atomic mass is 32.2. The molecule has 2 aromatic rings. The zero-order valence-electron chi connectivity index (χ0n) is 17.3. The quantitative estimate of drug-likeness (QED) is 0.664. The number of hydrogen-bond donors (Lipinski definition) is 1. The van der Waals surface area contributed by atoms with Gasteiger partial charge in [0.2, 0.25) is 11.0 Å². The molecular weight excluding hydrogens is 425 g/mol. The number of sulfonamides is 1. The van der Waals surface area contributed by atoms with Gasteiger partial charge < -0.3 is 14.6 Å². The molecule has 31 heavy (non-hydrogen) atoms. The van der Waals surface area contributed by atoms with Crippen LogP contribution in [0.5, 0.6) is 0 Å². The molecule has 0 spiro atoms. The van der Waals surface area contributed by atoms with Gasteiger partial charge in [0.1, 0.15) is 5.82 Å². The maximum absolute atomic E-state index is 13.0. The number of carbonyl (C=O) groups is 2. The third kappa shape index (κ3) is 5.71. The molecule has 1 aromatic carbocycles. The van der Waals surface area contributed by atoms with Crippen molar-refractivity contribution >= 4 is 21.8 Å². The Morgan fingerprint density at radius 1 is 1.10 bits per heavy atom. The number of carbonyl (C=O) groups excluding carboxylic acids is 2. The molecule has 1 saturated heterocycles. The Hall–Kier alpha value is -2.72. The molecule has 1 aliphatic heterocycles. The van der Waals surface area contributed by atoms with Gasteiger partial charge in [0.15, 0.2) is 5.76 Å². The van der Waals surface area contributed by atoms with E-state index in [1.165, 1.54) is 33.5 Å². The third-order valence-corrected chi connectivity index (χ3v) is 6.88. The highest BCUT2D eigenvalue weighted by Crippen LogP contribution is 2.23. The molecule has 1 aromatic heterocycles. The van der Waals surface area contributed by atoms with Gasteiger partial charge in [-0.25, -0.2) is 12.8 Å². The summed E-state index contributed by atoms with van der Waals surface area (Å²) >= 11 is 0. The van der Waals surface area contributed by atoms with Gasteiger partial charge >= 0.3 is 0 Å². The van der Waals surface area contributed by atoms with E-state index in [1.807, 2.05) is 0 Å². The van der Waals surface area contributed by atoms with E-state index in [-0.39, 0.29) is 36.3 Å². The molecule has 1 aliphatic rings. The van der Waals surface area contributed by atoms with E-state index in [2.05, 4.69) is 5.32 Å². The summed E-state index contributed by atoms with van der Waals surface area (Å²) in [6.45, 7) is 2.79. The number of furan rings is 1. The van der Waals surface area contributed by atoms with Crippen molar-refractivity contribution in [2.75, 3.05) is 26.2 Å². The number of benzene rings is 1. The Kier molecular flexibility index (Phi) is 7.45. The largest absolute Gasteiger partial charge is 0.438 e. The van der Waals surface area contributed by atoms with E-state index < -0.39 is 21.8 Å². The van der Waals surface area contributed by atoms with E-state index in [9.17, 15) is 22.4 Å². The van der Waals surface area contributed by atoms with Crippen molar-refractivity contribution in [3.8, 4) is 0 Å². The topological polar surface area (TPSA) is 99.9 Å². The van der Waals surface area contributed by atoms with E-state index in [0.717, 1.165) is 24.8 Å². The lowest BCUT2D eigenvalue weighted by Gasteiger charge is -2.24. The van der Waals surface area contributed by atoms with Crippen LogP contribution in [-0.2, 0) is 21.4 Å². The minimum absolute atomic E-state index is 0.135. The summed E-state index contributed by atoms with van der Waals surface area (Å²) < 4.78 is 45.1. The second kappa shape index (κ2) is 10.1. The second-order valence-electron chi connectivity index (χ2n) is 7.31. The first-order valence-corrected chi connectivity index (χ1v) is 11.7. The highest BCUT2D eigenvalue weighted by molar-refractivity contribution is 7.89. The molecule has 1 N–H and O–H groups in total. The number of rotatable bonds is 8. The van der Waals surface area contributed by atoms with Crippen molar-refractivity contribution < 1.29 is 26.8 Å². The summed E-state index contributed by atoms with van der Waals surface area (Å²) in [5.41, 5.74) is 0.725. The first-order chi connectivity index (χ1) is 14.8. The molecule has 2 heterocycles. The maximum atomic E-state index is 13.0. The van der Waals surface area contributed by atoms with Crippen molar-refractivity contribution in [2.45, 2.75) is 37.8 Å². The molecule has 168 valence electrons. The summed E-state index contributed by atoms with van der Waals surface area (Å²) in [6, 6.07) is 8.32. The van der Waals surface area contributed by atoms with Crippen molar-refractivity contribution in [1.29, 1.82) is 0 Å². The minimum atomic E-state index is -3.78. The first kappa shape index (κ1) is 23.0. The van der Waals surface area contributed by atoms with Crippen LogP contribution in [-0.4, -0.2) is 55.6 Å². The minimum Gasteiger partial charge on any atom is -0.438 e. The van der Waals surface area contributed by atoms with Crippen LogP contribution >= 0.6 is 0 Å². The average Bonchev–Trinajstić information content (AvgIpc) is 3.28. The van der Waals surface area contributed by atoms with Crippen LogP contribution in [0.2, 0.25) is 0 Å². The van der Waals surface area contributed by atoms with Crippen molar-refractivity contribution in [3.63, 3.8) is 0 Å². The molecule has 0 aliphatic carbocycles. The van der Waals surface area contributed by atoms with Gasteiger partial charge in [0.05, 0.1) is 6.54 Å². The fraction of sp³-hybridized carbons (Fsp3) is 0.429. The number of piperidine rings is 1. The van der Waals surface area contributed by atoms with Crippen molar-refractivity contribution in [2.24, 2.45) is 0 Å². The fourth-order valence-electron chi connectivity index (χ4n) is 3.32. The Bertz CT molecular complexity index is 1010. The van der Waals surface area contributed by atoms with Gasteiger partial charge in [-0.15, -0.1) is 0 Å². The standard InChI is InChI=1S/C21H26FN3O5S/c1-2-24(15-19(26)23-14-16-6-8-17(22)9-7-16)21(27)18-10-11-20(30-18)31(28,29)25-12-4-3-5-13-25/h6-11H,2-5,12-15H2,1H3,(H,23,26). The predicted octanol–water partition coefficient (Wildman–Crippen LogP) is 2.37. The lowest BCUT2D eigenvalue weighted by atomic mass is 10.2. The second-order valence-corrected chi connectivity index (χ2v) is 9.17. The van der Waals surface area contributed by atoms with Gasteiger partial charge in [0, 0.05) is 26.2 Å². The Morgan fingerprint density at radius 3 is 2.42 bits per heavy atom. The summed E-state index contributed by atoms with van der Waals surface area (Å²) in [4.78, 5) is 26.2. The molecule has 0 unspecified atom stereocenters. The molecule has 3 rings (SSSR count). The number of nitrogens with zero attached hydrogens (tertiary/aromatic N) is 2. The van der Waals surface area contributed by atoms with Crippen LogP contribution < -0.4 is 5.32 Å². The monoisotopic (exact) mass is 451 g/mol. The number of halogens is 1. The molecular formula is C21H26FN3O5S. The first-order valence-electron chi connectivity index (χ1n) is 10.2. The van der Waals surface area contributed by atoms with Gasteiger partial charge in [-0.2, -0.15) is 4.31 Å². The fourth-order valence-corrected chi connectivity index (χ4v) is 4.75. The highest BCUT2D eigenvalue weighted by Gasteiger charge is 2.30. The zero-order chi connectivity index (χ0) is 22.4. The predicted molar refractivity (Wildman–Crippen MR) is 111 cm³/mol. The number of hydrogen-bond acceptors (Lipinski definition) is 5. The van der Waals surface area contributed by atoms with Crippen LogP contribution in [0.1, 0.15) is 42.3 Å². The zero-order valence-corrected chi connectivity index (χ0v) is 18.2. The van der Waals surface area contributed by atoms with Crippen LogP contribution in [0.4, 0.5) is 4.39 Å². The summed E-state index contributed by atoms with van der Waals surface area (Å²) in [5.74, 6) is -1.46.